The van der Waals surface area contributed by atoms with E-state index in [4.69, 9.17) is 9.29 Å². The molecule has 4 fully saturated rings. The normalized spacial score (nSPS) is 43.2. The monoisotopic (exact) mass is 527 g/mol. The van der Waals surface area contributed by atoms with Crippen LogP contribution >= 0.6 is 0 Å². The lowest BCUT2D eigenvalue weighted by molar-refractivity contribution is -0.178. The number of fused-ring (bicyclic) bond motifs is 5. The standard InChI is InChI=1S/C28H49NO6S/c1-5-35-20-10-12-27(3)19(16-20)17-24(30)26-22-8-7-21(28(22,4)13-11-23(26)27)18(2)6-9-25(31)29-14-15-36(32,33)34/h18-24,26,30H,5-17H2,1-4H3,(H,29,31)(H,32,33,34). The van der Waals surface area contributed by atoms with Crippen LogP contribution in [0, 0.1) is 46.3 Å². The van der Waals surface area contributed by atoms with E-state index in [0.717, 1.165) is 38.7 Å². The second kappa shape index (κ2) is 10.8. The summed E-state index contributed by atoms with van der Waals surface area (Å²) in [4.78, 5) is 12.2. The lowest BCUT2D eigenvalue weighted by Crippen LogP contribution is -2.58. The van der Waals surface area contributed by atoms with E-state index in [0.29, 0.717) is 53.4 Å². The molecule has 0 aromatic carbocycles. The van der Waals surface area contributed by atoms with Crippen molar-refractivity contribution in [3.63, 3.8) is 0 Å². The van der Waals surface area contributed by atoms with E-state index in [1.54, 1.807) is 0 Å². The summed E-state index contributed by atoms with van der Waals surface area (Å²) in [6.07, 6.45) is 10.4. The van der Waals surface area contributed by atoms with Crippen LogP contribution in [0.5, 0.6) is 0 Å². The molecule has 0 radical (unpaired) electrons. The number of carbonyl (C=O) groups is 1. The average molecular weight is 528 g/mol. The van der Waals surface area contributed by atoms with Gasteiger partial charge >= 0.3 is 0 Å². The first-order chi connectivity index (χ1) is 16.9. The molecule has 8 heteroatoms. The molecular formula is C28H49NO6S. The highest BCUT2D eigenvalue weighted by Crippen LogP contribution is 2.68. The van der Waals surface area contributed by atoms with Gasteiger partial charge in [0.05, 0.1) is 18.0 Å². The van der Waals surface area contributed by atoms with E-state index in [1.165, 1.54) is 25.7 Å². The number of hydrogen-bond acceptors (Lipinski definition) is 5. The quantitative estimate of drug-likeness (QED) is 0.382. The number of amides is 1. The van der Waals surface area contributed by atoms with E-state index in [1.807, 2.05) is 0 Å². The fourth-order valence-corrected chi connectivity index (χ4v) is 9.87. The zero-order chi connectivity index (χ0) is 26.3. The van der Waals surface area contributed by atoms with Crippen LogP contribution < -0.4 is 5.32 Å². The smallest absolute Gasteiger partial charge is 0.266 e. The van der Waals surface area contributed by atoms with E-state index < -0.39 is 15.9 Å². The summed E-state index contributed by atoms with van der Waals surface area (Å²) < 4.78 is 36.6. The average Bonchev–Trinajstić information content (AvgIpc) is 3.15. The summed E-state index contributed by atoms with van der Waals surface area (Å²) in [5, 5.41) is 14.1. The molecule has 0 aromatic rings. The largest absolute Gasteiger partial charge is 0.393 e. The second-order valence-electron chi connectivity index (χ2n) is 13.0. The topological polar surface area (TPSA) is 113 Å². The van der Waals surface area contributed by atoms with Crippen molar-refractivity contribution in [2.45, 2.75) is 104 Å². The van der Waals surface area contributed by atoms with Crippen LogP contribution in [-0.2, 0) is 19.6 Å². The molecule has 0 aromatic heterocycles. The minimum atomic E-state index is -4.06. The Hall–Kier alpha value is -0.700. The molecule has 4 aliphatic rings. The Kier molecular flexibility index (Phi) is 8.51. The van der Waals surface area contributed by atoms with Gasteiger partial charge in [0.25, 0.3) is 10.1 Å². The molecule has 4 rings (SSSR count). The van der Waals surface area contributed by atoms with Gasteiger partial charge in [0, 0.05) is 19.6 Å². The van der Waals surface area contributed by atoms with Gasteiger partial charge in [-0.2, -0.15) is 8.42 Å². The van der Waals surface area contributed by atoms with Crippen LogP contribution in [0.3, 0.4) is 0 Å². The third-order valence-corrected chi connectivity index (χ3v) is 12.0. The second-order valence-corrected chi connectivity index (χ2v) is 14.6. The van der Waals surface area contributed by atoms with Gasteiger partial charge in [-0.3, -0.25) is 9.35 Å². The lowest BCUT2D eigenvalue weighted by atomic mass is 9.43. The van der Waals surface area contributed by atoms with Crippen LogP contribution in [0.1, 0.15) is 91.9 Å². The molecule has 0 aliphatic heterocycles. The summed E-state index contributed by atoms with van der Waals surface area (Å²) in [7, 11) is -4.06. The molecule has 0 saturated heterocycles. The van der Waals surface area contributed by atoms with Gasteiger partial charge in [0.15, 0.2) is 0 Å². The zero-order valence-corrected chi connectivity index (χ0v) is 23.6. The summed E-state index contributed by atoms with van der Waals surface area (Å²) >= 11 is 0. The maximum atomic E-state index is 12.2. The van der Waals surface area contributed by atoms with Crippen molar-refractivity contribution in [3.8, 4) is 0 Å². The fraction of sp³-hybridized carbons (Fsp3) is 0.964. The van der Waals surface area contributed by atoms with Gasteiger partial charge in [-0.05, 0) is 111 Å². The van der Waals surface area contributed by atoms with Crippen LogP contribution in [-0.4, -0.2) is 55.1 Å². The molecule has 10 atom stereocenters. The molecule has 10 unspecified atom stereocenters. The third kappa shape index (κ3) is 5.52. The van der Waals surface area contributed by atoms with Gasteiger partial charge in [-0.15, -0.1) is 0 Å². The molecule has 3 N–H and O–H groups in total. The Morgan fingerprint density at radius 1 is 1.08 bits per heavy atom. The number of rotatable bonds is 9. The Bertz CT molecular complexity index is 894. The van der Waals surface area contributed by atoms with E-state index in [-0.39, 0.29) is 24.0 Å². The van der Waals surface area contributed by atoms with E-state index in [2.05, 4.69) is 33.0 Å². The third-order valence-electron chi connectivity index (χ3n) is 11.3. The molecule has 4 aliphatic carbocycles. The summed E-state index contributed by atoms with van der Waals surface area (Å²) in [6.45, 7) is 10.0. The lowest BCUT2D eigenvalue weighted by Gasteiger charge is -2.62. The molecule has 7 nitrogen and oxygen atoms in total. The number of hydrogen-bond donors (Lipinski definition) is 3. The van der Waals surface area contributed by atoms with Gasteiger partial charge in [0.1, 0.15) is 0 Å². The van der Waals surface area contributed by atoms with Gasteiger partial charge < -0.3 is 15.2 Å². The number of nitrogens with one attached hydrogen (secondary N) is 1. The minimum absolute atomic E-state index is 0.0543. The Morgan fingerprint density at radius 3 is 2.47 bits per heavy atom. The zero-order valence-electron chi connectivity index (χ0n) is 22.7. The molecular weight excluding hydrogens is 478 g/mol. The van der Waals surface area contributed by atoms with E-state index in [9.17, 15) is 18.3 Å². The summed E-state index contributed by atoms with van der Waals surface area (Å²) in [6, 6.07) is 0. The molecule has 4 saturated carbocycles. The highest BCUT2D eigenvalue weighted by molar-refractivity contribution is 7.85. The molecule has 0 heterocycles. The predicted molar refractivity (Wildman–Crippen MR) is 140 cm³/mol. The minimum Gasteiger partial charge on any atom is -0.393 e. The predicted octanol–water partition coefficient (Wildman–Crippen LogP) is 4.44. The number of aliphatic hydroxyl groups is 1. The first kappa shape index (κ1) is 28.3. The van der Waals surface area contributed by atoms with Crippen LogP contribution in [0.2, 0.25) is 0 Å². The number of carbonyl (C=O) groups excluding carboxylic acids is 1. The van der Waals surface area contributed by atoms with Crippen LogP contribution in [0.25, 0.3) is 0 Å². The summed E-state index contributed by atoms with van der Waals surface area (Å²) in [5.41, 5.74) is 0.511. The molecule has 1 amide bonds. The highest BCUT2D eigenvalue weighted by atomic mass is 32.2. The van der Waals surface area contributed by atoms with Gasteiger partial charge in [0.2, 0.25) is 5.91 Å². The molecule has 0 spiro atoms. The SMILES string of the molecule is CCOC1CCC2(C)C(C1)CC(O)C1C2CCC2(C)C(C(C)CCC(=O)NCCS(=O)(=O)O)CCC12. The molecule has 0 bridgehead atoms. The van der Waals surface area contributed by atoms with Crippen molar-refractivity contribution in [3.05, 3.63) is 0 Å². The van der Waals surface area contributed by atoms with Crippen molar-refractivity contribution in [2.24, 2.45) is 46.3 Å². The number of ether oxygens (including phenoxy) is 1. The Labute approximate surface area is 218 Å². The highest BCUT2D eigenvalue weighted by Gasteiger charge is 2.62. The van der Waals surface area contributed by atoms with Crippen molar-refractivity contribution in [1.29, 1.82) is 0 Å². The van der Waals surface area contributed by atoms with Crippen molar-refractivity contribution < 1.29 is 27.6 Å². The van der Waals surface area contributed by atoms with Crippen LogP contribution in [0.15, 0.2) is 0 Å². The molecule has 36 heavy (non-hydrogen) atoms. The van der Waals surface area contributed by atoms with Gasteiger partial charge in [-0.1, -0.05) is 20.8 Å². The Balaban J connectivity index is 1.38. The van der Waals surface area contributed by atoms with Crippen LogP contribution in [0.4, 0.5) is 0 Å². The Morgan fingerprint density at radius 2 is 1.78 bits per heavy atom. The van der Waals surface area contributed by atoms with E-state index >= 15 is 0 Å². The van der Waals surface area contributed by atoms with Crippen molar-refractivity contribution >= 4 is 16.0 Å². The first-order valence-electron chi connectivity index (χ1n) is 14.4. The fourth-order valence-electron chi connectivity index (χ4n) is 9.51. The maximum Gasteiger partial charge on any atom is 0.266 e. The van der Waals surface area contributed by atoms with Gasteiger partial charge in [-0.25, -0.2) is 0 Å². The molecule has 208 valence electrons. The number of aliphatic hydroxyl groups excluding tert-OH is 1. The first-order valence-corrected chi connectivity index (χ1v) is 16.0. The maximum absolute atomic E-state index is 12.2. The summed E-state index contributed by atoms with van der Waals surface area (Å²) in [5.74, 6) is 2.41. The van der Waals surface area contributed by atoms with Crippen molar-refractivity contribution in [2.75, 3.05) is 18.9 Å². The van der Waals surface area contributed by atoms with Crippen molar-refractivity contribution in [1.82, 2.24) is 5.32 Å².